The summed E-state index contributed by atoms with van der Waals surface area (Å²) in [5, 5.41) is 2.78. The number of nitrogens with zero attached hydrogens (tertiary/aromatic N) is 1. The molecule has 1 aromatic rings. The van der Waals surface area contributed by atoms with Gasteiger partial charge in [0.05, 0.1) is 19.7 Å². The van der Waals surface area contributed by atoms with Gasteiger partial charge in [-0.1, -0.05) is 0 Å². The maximum absolute atomic E-state index is 12.5. The fourth-order valence-electron chi connectivity index (χ4n) is 2.84. The third-order valence-corrected chi connectivity index (χ3v) is 4.01. The number of rotatable bonds is 6. The van der Waals surface area contributed by atoms with Crippen molar-refractivity contribution in [1.82, 2.24) is 9.88 Å². The van der Waals surface area contributed by atoms with Crippen LogP contribution in [-0.2, 0) is 16.1 Å². The predicted molar refractivity (Wildman–Crippen MR) is 78.7 cm³/mol. The average Bonchev–Trinajstić information content (AvgIpc) is 2.72. The standard InChI is InChI=1S/C15H23N3O3/c1-11-8-13(12(2)18(11)6-7-21-3)14(19)9-17-5-4-16-15(20)10-17/h8H,4-7,9-10H2,1-3H3,(H,16,20)/p+1. The second-order valence-electron chi connectivity index (χ2n) is 5.56. The van der Waals surface area contributed by atoms with Crippen molar-refractivity contribution in [3.05, 3.63) is 23.0 Å². The molecule has 0 aromatic carbocycles. The second kappa shape index (κ2) is 6.87. The molecule has 1 amide bonds. The van der Waals surface area contributed by atoms with Gasteiger partial charge in [0.25, 0.3) is 5.91 Å². The lowest BCUT2D eigenvalue weighted by Gasteiger charge is -2.22. The summed E-state index contributed by atoms with van der Waals surface area (Å²) in [4.78, 5) is 24.9. The van der Waals surface area contributed by atoms with E-state index < -0.39 is 0 Å². The molecule has 116 valence electrons. The van der Waals surface area contributed by atoms with Gasteiger partial charge in [-0.05, 0) is 19.9 Å². The molecule has 0 spiro atoms. The van der Waals surface area contributed by atoms with Gasteiger partial charge < -0.3 is 19.5 Å². The van der Waals surface area contributed by atoms with Crippen LogP contribution in [0.15, 0.2) is 6.07 Å². The monoisotopic (exact) mass is 294 g/mol. The van der Waals surface area contributed by atoms with E-state index in [1.165, 1.54) is 0 Å². The maximum atomic E-state index is 12.5. The molecule has 1 fully saturated rings. The molecule has 2 N–H and O–H groups in total. The molecule has 1 saturated heterocycles. The third kappa shape index (κ3) is 3.71. The number of carbonyl (C=O) groups is 2. The summed E-state index contributed by atoms with van der Waals surface area (Å²) in [5.74, 6) is 0.131. The van der Waals surface area contributed by atoms with Crippen LogP contribution in [0.4, 0.5) is 0 Å². The molecule has 21 heavy (non-hydrogen) atoms. The van der Waals surface area contributed by atoms with Crippen molar-refractivity contribution in [3.63, 3.8) is 0 Å². The first-order valence-corrected chi connectivity index (χ1v) is 7.32. The zero-order valence-corrected chi connectivity index (χ0v) is 13.0. The summed E-state index contributed by atoms with van der Waals surface area (Å²) in [6.07, 6.45) is 0. The highest BCUT2D eigenvalue weighted by Gasteiger charge is 2.24. The smallest absolute Gasteiger partial charge is 0.275 e. The van der Waals surface area contributed by atoms with E-state index in [1.807, 2.05) is 19.9 Å². The lowest BCUT2D eigenvalue weighted by atomic mass is 10.1. The number of nitrogens with one attached hydrogen (secondary N) is 2. The van der Waals surface area contributed by atoms with Gasteiger partial charge in [0.15, 0.2) is 6.54 Å². The highest BCUT2D eigenvalue weighted by Crippen LogP contribution is 2.15. The van der Waals surface area contributed by atoms with Gasteiger partial charge in [-0.15, -0.1) is 0 Å². The van der Waals surface area contributed by atoms with E-state index in [-0.39, 0.29) is 11.7 Å². The van der Waals surface area contributed by atoms with Gasteiger partial charge >= 0.3 is 0 Å². The Morgan fingerprint density at radius 3 is 2.90 bits per heavy atom. The molecule has 0 aliphatic carbocycles. The Balaban J connectivity index is 2.07. The summed E-state index contributed by atoms with van der Waals surface area (Å²) < 4.78 is 7.21. The van der Waals surface area contributed by atoms with Crippen LogP contribution >= 0.6 is 0 Å². The van der Waals surface area contributed by atoms with E-state index in [9.17, 15) is 9.59 Å². The van der Waals surface area contributed by atoms with Crippen molar-refractivity contribution >= 4 is 11.7 Å². The van der Waals surface area contributed by atoms with Crippen LogP contribution in [0.3, 0.4) is 0 Å². The number of amides is 1. The van der Waals surface area contributed by atoms with Crippen LogP contribution in [0.2, 0.25) is 0 Å². The number of ketones is 1. The molecule has 2 rings (SSSR count). The summed E-state index contributed by atoms with van der Waals surface area (Å²) in [6, 6.07) is 1.94. The number of piperazine rings is 1. The van der Waals surface area contributed by atoms with E-state index in [0.717, 1.165) is 34.9 Å². The summed E-state index contributed by atoms with van der Waals surface area (Å²) >= 11 is 0. The van der Waals surface area contributed by atoms with Crippen molar-refractivity contribution in [1.29, 1.82) is 0 Å². The van der Waals surface area contributed by atoms with Gasteiger partial charge in [-0.3, -0.25) is 9.59 Å². The molecule has 0 saturated carbocycles. The van der Waals surface area contributed by atoms with Gasteiger partial charge in [0.2, 0.25) is 5.78 Å². The predicted octanol–water partition coefficient (Wildman–Crippen LogP) is -1.05. The van der Waals surface area contributed by atoms with E-state index >= 15 is 0 Å². The summed E-state index contributed by atoms with van der Waals surface area (Å²) in [7, 11) is 1.67. The quantitative estimate of drug-likeness (QED) is 0.658. The van der Waals surface area contributed by atoms with Crippen LogP contribution in [-0.4, -0.2) is 56.2 Å². The molecule has 1 atom stereocenters. The number of aromatic nitrogens is 1. The van der Waals surface area contributed by atoms with Gasteiger partial charge in [-0.25, -0.2) is 0 Å². The highest BCUT2D eigenvalue weighted by molar-refractivity contribution is 5.98. The number of quaternary nitrogens is 1. The summed E-state index contributed by atoms with van der Waals surface area (Å²) in [6.45, 7) is 7.56. The largest absolute Gasteiger partial charge is 0.383 e. The SMILES string of the molecule is COCCn1c(C)cc(C(=O)C[NH+]2CCNC(=O)C2)c1C. The van der Waals surface area contributed by atoms with Crippen molar-refractivity contribution in [2.24, 2.45) is 0 Å². The second-order valence-corrected chi connectivity index (χ2v) is 5.56. The molecule has 0 radical (unpaired) electrons. The number of Topliss-reactive ketones (excluding diaryl/α,β-unsaturated/α-hetero) is 1. The maximum Gasteiger partial charge on any atom is 0.275 e. The van der Waals surface area contributed by atoms with E-state index in [4.69, 9.17) is 4.74 Å². The Labute approximate surface area is 125 Å². The Bertz CT molecular complexity index is 537. The van der Waals surface area contributed by atoms with Crippen molar-refractivity contribution in [2.75, 3.05) is 39.9 Å². The molecule has 6 nitrogen and oxygen atoms in total. The number of carbonyl (C=O) groups excluding carboxylic acids is 2. The van der Waals surface area contributed by atoms with Crippen LogP contribution in [0.5, 0.6) is 0 Å². The molecule has 2 heterocycles. The first kappa shape index (κ1) is 15.7. The Morgan fingerprint density at radius 1 is 1.48 bits per heavy atom. The van der Waals surface area contributed by atoms with Crippen LogP contribution in [0.1, 0.15) is 21.7 Å². The molecule has 6 heteroatoms. The zero-order chi connectivity index (χ0) is 15.4. The van der Waals surface area contributed by atoms with Crippen LogP contribution in [0.25, 0.3) is 0 Å². The minimum absolute atomic E-state index is 0.0228. The zero-order valence-electron chi connectivity index (χ0n) is 13.0. The van der Waals surface area contributed by atoms with Crippen LogP contribution < -0.4 is 10.2 Å². The Hall–Kier alpha value is -1.66. The third-order valence-electron chi connectivity index (χ3n) is 4.01. The van der Waals surface area contributed by atoms with Crippen LogP contribution in [0, 0.1) is 13.8 Å². The number of methoxy groups -OCH3 is 1. The normalized spacial score (nSPS) is 18.6. The van der Waals surface area contributed by atoms with E-state index in [1.54, 1.807) is 7.11 Å². The van der Waals surface area contributed by atoms with Gasteiger partial charge in [-0.2, -0.15) is 0 Å². The van der Waals surface area contributed by atoms with Crippen molar-refractivity contribution in [3.8, 4) is 0 Å². The van der Waals surface area contributed by atoms with Crippen molar-refractivity contribution in [2.45, 2.75) is 20.4 Å². The molecular weight excluding hydrogens is 270 g/mol. The minimum atomic E-state index is 0.0228. The summed E-state index contributed by atoms with van der Waals surface area (Å²) in [5.41, 5.74) is 2.82. The Morgan fingerprint density at radius 2 is 2.24 bits per heavy atom. The molecule has 1 aliphatic rings. The fraction of sp³-hybridized carbons (Fsp3) is 0.600. The van der Waals surface area contributed by atoms with Gasteiger partial charge in [0, 0.05) is 30.6 Å². The molecular formula is C15H24N3O3+. The number of hydrogen-bond donors (Lipinski definition) is 2. The number of aryl methyl sites for hydroxylation is 1. The lowest BCUT2D eigenvalue weighted by molar-refractivity contribution is -0.884. The number of ether oxygens (including phenoxy) is 1. The molecule has 0 bridgehead atoms. The minimum Gasteiger partial charge on any atom is -0.383 e. The molecule has 1 aromatic heterocycles. The Kier molecular flexibility index (Phi) is 5.14. The fourth-order valence-corrected chi connectivity index (χ4v) is 2.84. The number of hydrogen-bond acceptors (Lipinski definition) is 3. The highest BCUT2D eigenvalue weighted by atomic mass is 16.5. The first-order valence-electron chi connectivity index (χ1n) is 7.32. The van der Waals surface area contributed by atoms with E-state index in [0.29, 0.717) is 26.2 Å². The first-order chi connectivity index (χ1) is 10.0. The molecule has 1 unspecified atom stereocenters. The van der Waals surface area contributed by atoms with E-state index in [2.05, 4.69) is 9.88 Å². The van der Waals surface area contributed by atoms with Crippen molar-refractivity contribution < 1.29 is 19.2 Å². The molecule has 1 aliphatic heterocycles. The van der Waals surface area contributed by atoms with Gasteiger partial charge in [0.1, 0.15) is 6.54 Å². The average molecular weight is 294 g/mol. The lowest BCUT2D eigenvalue weighted by Crippen LogP contribution is -3.16. The topological polar surface area (TPSA) is 64.8 Å².